The Morgan fingerprint density at radius 1 is 1.00 bits per heavy atom. The van der Waals surface area contributed by atoms with Gasteiger partial charge in [-0.15, -0.1) is 11.3 Å². The summed E-state index contributed by atoms with van der Waals surface area (Å²) in [4.78, 5) is 13.5. The first-order chi connectivity index (χ1) is 15.6. The zero-order chi connectivity index (χ0) is 22.3. The van der Waals surface area contributed by atoms with Gasteiger partial charge in [-0.3, -0.25) is 4.79 Å². The van der Waals surface area contributed by atoms with Gasteiger partial charge in [0.15, 0.2) is 0 Å². The van der Waals surface area contributed by atoms with Crippen LogP contribution in [0.1, 0.15) is 11.1 Å². The average molecular weight is 460 g/mol. The molecule has 4 aromatic rings. The summed E-state index contributed by atoms with van der Waals surface area (Å²) >= 11 is 7.65. The number of halogens is 1. The van der Waals surface area contributed by atoms with Gasteiger partial charge in [0.1, 0.15) is 0 Å². The zero-order valence-electron chi connectivity index (χ0n) is 17.2. The largest absolute Gasteiger partial charge is 0.397 e. The van der Waals surface area contributed by atoms with Crippen LogP contribution in [0.4, 0.5) is 17.1 Å². The van der Waals surface area contributed by atoms with Crippen molar-refractivity contribution >= 4 is 52.0 Å². The first-order valence-corrected chi connectivity index (χ1v) is 11.3. The van der Waals surface area contributed by atoms with Gasteiger partial charge in [0, 0.05) is 28.2 Å². The van der Waals surface area contributed by atoms with E-state index >= 15 is 0 Å². The van der Waals surface area contributed by atoms with E-state index in [0.717, 1.165) is 27.3 Å². The molecule has 3 aromatic carbocycles. The molecule has 0 spiro atoms. The van der Waals surface area contributed by atoms with E-state index in [2.05, 4.69) is 10.6 Å². The molecule has 1 heterocycles. The molecule has 6 heteroatoms. The number of nitrogens with one attached hydrogen (secondary N) is 2. The zero-order valence-corrected chi connectivity index (χ0v) is 18.8. The molecule has 160 valence electrons. The van der Waals surface area contributed by atoms with Gasteiger partial charge in [-0.1, -0.05) is 54.1 Å². The maximum atomic E-state index is 12.4. The maximum absolute atomic E-state index is 12.4. The summed E-state index contributed by atoms with van der Waals surface area (Å²) in [6, 6.07) is 25.3. The highest BCUT2D eigenvalue weighted by atomic mass is 35.5. The Bertz CT molecular complexity index is 1230. The van der Waals surface area contributed by atoms with E-state index in [9.17, 15) is 4.79 Å². The van der Waals surface area contributed by atoms with E-state index in [4.69, 9.17) is 17.3 Å². The fourth-order valence-corrected chi connectivity index (χ4v) is 4.07. The third-order valence-electron chi connectivity index (χ3n) is 4.84. The van der Waals surface area contributed by atoms with Crippen molar-refractivity contribution in [2.45, 2.75) is 6.54 Å². The van der Waals surface area contributed by atoms with E-state index in [1.807, 2.05) is 84.2 Å². The number of nitrogens with two attached hydrogens (primary N) is 1. The van der Waals surface area contributed by atoms with Crippen LogP contribution in [0.5, 0.6) is 0 Å². The molecule has 1 aromatic heterocycles. The van der Waals surface area contributed by atoms with Gasteiger partial charge in [0.05, 0.1) is 11.4 Å². The number of carbonyl (C=O) groups is 1. The summed E-state index contributed by atoms with van der Waals surface area (Å²) in [6.45, 7) is 0.685. The van der Waals surface area contributed by atoms with Crippen molar-refractivity contribution in [2.24, 2.45) is 0 Å². The lowest BCUT2D eigenvalue weighted by Crippen LogP contribution is -2.09. The Labute approximate surface area is 196 Å². The lowest BCUT2D eigenvalue weighted by atomic mass is 10.1. The normalized spacial score (nSPS) is 10.9. The van der Waals surface area contributed by atoms with E-state index < -0.39 is 0 Å². The molecule has 0 aliphatic carbocycles. The molecule has 4 N–H and O–H groups in total. The maximum Gasteiger partial charge on any atom is 0.248 e. The molecule has 0 unspecified atom stereocenters. The molecule has 0 aliphatic heterocycles. The Kier molecular flexibility index (Phi) is 6.90. The SMILES string of the molecule is Nc1ccc(-c2cccs2)cc1NC(=O)C=Cc1ccc(CNc2cccc(Cl)c2)cc1. The quantitative estimate of drug-likeness (QED) is 0.207. The van der Waals surface area contributed by atoms with Crippen LogP contribution in [0.2, 0.25) is 5.02 Å². The number of anilines is 3. The predicted molar refractivity (Wildman–Crippen MR) is 137 cm³/mol. The third-order valence-corrected chi connectivity index (χ3v) is 6.00. The van der Waals surface area contributed by atoms with Crippen molar-refractivity contribution in [3.8, 4) is 10.4 Å². The van der Waals surface area contributed by atoms with Crippen LogP contribution in [-0.4, -0.2) is 5.91 Å². The molecule has 4 rings (SSSR count). The molecule has 0 atom stereocenters. The van der Waals surface area contributed by atoms with Crippen LogP contribution < -0.4 is 16.4 Å². The Morgan fingerprint density at radius 3 is 2.59 bits per heavy atom. The number of rotatable bonds is 7. The molecule has 32 heavy (non-hydrogen) atoms. The van der Waals surface area contributed by atoms with Gasteiger partial charge in [0.2, 0.25) is 5.91 Å². The van der Waals surface area contributed by atoms with Crippen LogP contribution in [0.3, 0.4) is 0 Å². The first-order valence-electron chi connectivity index (χ1n) is 10.1. The van der Waals surface area contributed by atoms with Crippen LogP contribution in [-0.2, 0) is 11.3 Å². The fourth-order valence-electron chi connectivity index (χ4n) is 3.16. The van der Waals surface area contributed by atoms with Gasteiger partial charge in [-0.2, -0.15) is 0 Å². The number of carbonyl (C=O) groups excluding carboxylic acids is 1. The number of amides is 1. The van der Waals surface area contributed by atoms with Gasteiger partial charge >= 0.3 is 0 Å². The van der Waals surface area contributed by atoms with Crippen LogP contribution in [0.15, 0.2) is 90.3 Å². The van der Waals surface area contributed by atoms with Crippen molar-refractivity contribution in [2.75, 3.05) is 16.4 Å². The lowest BCUT2D eigenvalue weighted by molar-refractivity contribution is -0.111. The van der Waals surface area contributed by atoms with E-state index in [1.54, 1.807) is 17.4 Å². The fraction of sp³-hybridized carbons (Fsp3) is 0.0385. The second-order valence-corrected chi connectivity index (χ2v) is 8.59. The number of nitrogen functional groups attached to an aromatic ring is 1. The summed E-state index contributed by atoms with van der Waals surface area (Å²) in [5, 5.41) is 8.93. The minimum Gasteiger partial charge on any atom is -0.397 e. The Morgan fingerprint density at radius 2 is 1.84 bits per heavy atom. The number of hydrogen-bond acceptors (Lipinski definition) is 4. The minimum absolute atomic E-state index is 0.230. The molecule has 0 fully saturated rings. The van der Waals surface area contributed by atoms with Crippen LogP contribution >= 0.6 is 22.9 Å². The highest BCUT2D eigenvalue weighted by Crippen LogP contribution is 2.30. The summed E-state index contributed by atoms with van der Waals surface area (Å²) in [5.41, 5.74) is 11.2. The Hall–Kier alpha value is -3.54. The smallest absolute Gasteiger partial charge is 0.248 e. The molecular weight excluding hydrogens is 438 g/mol. The number of thiophene rings is 1. The average Bonchev–Trinajstić information content (AvgIpc) is 3.34. The van der Waals surface area contributed by atoms with E-state index in [0.29, 0.717) is 22.9 Å². The molecule has 0 bridgehead atoms. The second-order valence-electron chi connectivity index (χ2n) is 7.21. The first kappa shape index (κ1) is 21.7. The van der Waals surface area contributed by atoms with Gasteiger partial charge in [0.25, 0.3) is 0 Å². The monoisotopic (exact) mass is 459 g/mol. The molecule has 0 saturated carbocycles. The number of hydrogen-bond donors (Lipinski definition) is 3. The molecule has 0 aliphatic rings. The topological polar surface area (TPSA) is 67.1 Å². The summed E-state index contributed by atoms with van der Waals surface area (Å²) in [5.74, 6) is -0.230. The van der Waals surface area contributed by atoms with Gasteiger partial charge in [-0.25, -0.2) is 0 Å². The molecular formula is C26H22ClN3OS. The van der Waals surface area contributed by atoms with E-state index in [1.165, 1.54) is 6.08 Å². The van der Waals surface area contributed by atoms with Crippen molar-refractivity contribution < 1.29 is 4.79 Å². The minimum atomic E-state index is -0.230. The molecule has 4 nitrogen and oxygen atoms in total. The molecule has 0 saturated heterocycles. The highest BCUT2D eigenvalue weighted by Gasteiger charge is 2.06. The summed E-state index contributed by atoms with van der Waals surface area (Å²) in [7, 11) is 0. The van der Waals surface area contributed by atoms with Crippen molar-refractivity contribution in [3.63, 3.8) is 0 Å². The van der Waals surface area contributed by atoms with Crippen molar-refractivity contribution in [1.29, 1.82) is 0 Å². The predicted octanol–water partition coefficient (Wildman–Crippen LogP) is 6.91. The van der Waals surface area contributed by atoms with Gasteiger partial charge in [-0.05, 0) is 64.5 Å². The van der Waals surface area contributed by atoms with Crippen LogP contribution in [0.25, 0.3) is 16.5 Å². The van der Waals surface area contributed by atoms with Gasteiger partial charge < -0.3 is 16.4 Å². The summed E-state index contributed by atoms with van der Waals surface area (Å²) in [6.07, 6.45) is 3.29. The third kappa shape index (κ3) is 5.78. The number of benzene rings is 3. The van der Waals surface area contributed by atoms with Crippen molar-refractivity contribution in [3.05, 3.63) is 106 Å². The lowest BCUT2D eigenvalue weighted by Gasteiger charge is -2.08. The van der Waals surface area contributed by atoms with Crippen molar-refractivity contribution in [1.82, 2.24) is 0 Å². The highest BCUT2D eigenvalue weighted by molar-refractivity contribution is 7.13. The van der Waals surface area contributed by atoms with Crippen LogP contribution in [0, 0.1) is 0 Å². The molecule has 1 amide bonds. The summed E-state index contributed by atoms with van der Waals surface area (Å²) < 4.78 is 0. The Balaban J connectivity index is 1.35. The standard InChI is InChI=1S/C26H22ClN3OS/c27-21-3-1-4-22(16-21)29-17-19-8-6-18(7-9-19)10-13-26(31)30-24-15-20(11-12-23(24)28)25-5-2-14-32-25/h1-16,29H,17,28H2,(H,30,31). The van der Waals surface area contributed by atoms with E-state index in [-0.39, 0.29) is 5.91 Å². The second kappa shape index (κ2) is 10.2. The molecule has 0 radical (unpaired) electrons.